The molecular weight excluding hydrogens is 254 g/mol. The van der Waals surface area contributed by atoms with Gasteiger partial charge in [0.25, 0.3) is 0 Å². The molecule has 0 radical (unpaired) electrons. The van der Waals surface area contributed by atoms with Crippen molar-refractivity contribution in [2.75, 3.05) is 13.2 Å². The average molecular weight is 277 g/mol. The number of carbonyl (C=O) groups is 1. The van der Waals surface area contributed by atoms with Gasteiger partial charge in [0.05, 0.1) is 6.61 Å². The van der Waals surface area contributed by atoms with Crippen LogP contribution in [-0.4, -0.2) is 31.3 Å². The number of benzene rings is 1. The zero-order valence-electron chi connectivity index (χ0n) is 12.4. The number of hydrogen-bond donors (Lipinski definition) is 1. The lowest BCUT2D eigenvalue weighted by molar-refractivity contribution is -0.146. The average Bonchev–Trinajstić information content (AvgIpc) is 3.21. The normalized spacial score (nSPS) is 15.8. The smallest absolute Gasteiger partial charge is 0.326 e. The standard InChI is InChI=1S/C16H23NO3/c1-4-19-16(18)14(17-13-8-9-13)10-20-15-11(2)6-5-7-12(15)3/h5-7,13-14,17H,4,8-10H2,1-3H3. The first-order valence-electron chi connectivity index (χ1n) is 7.23. The Hall–Kier alpha value is -1.55. The lowest BCUT2D eigenvalue weighted by Crippen LogP contribution is -2.43. The third-order valence-corrected chi connectivity index (χ3v) is 3.39. The number of para-hydroxylation sites is 1. The molecule has 0 spiro atoms. The number of nitrogens with one attached hydrogen (secondary N) is 1. The van der Waals surface area contributed by atoms with Crippen LogP contribution >= 0.6 is 0 Å². The van der Waals surface area contributed by atoms with E-state index >= 15 is 0 Å². The Balaban J connectivity index is 1.98. The molecule has 1 fully saturated rings. The van der Waals surface area contributed by atoms with E-state index in [1.807, 2.05) is 39.0 Å². The van der Waals surface area contributed by atoms with E-state index in [1.54, 1.807) is 0 Å². The van der Waals surface area contributed by atoms with E-state index in [1.165, 1.54) is 0 Å². The molecule has 1 atom stereocenters. The van der Waals surface area contributed by atoms with Gasteiger partial charge >= 0.3 is 5.97 Å². The fourth-order valence-corrected chi connectivity index (χ4v) is 2.16. The number of hydrogen-bond acceptors (Lipinski definition) is 4. The molecular formula is C16H23NO3. The molecule has 4 heteroatoms. The first-order chi connectivity index (χ1) is 9.61. The van der Waals surface area contributed by atoms with Gasteiger partial charge in [-0.25, -0.2) is 0 Å². The molecule has 1 aliphatic rings. The van der Waals surface area contributed by atoms with Gasteiger partial charge < -0.3 is 9.47 Å². The summed E-state index contributed by atoms with van der Waals surface area (Å²) in [6, 6.07) is 6.07. The Morgan fingerprint density at radius 2 is 2.00 bits per heavy atom. The van der Waals surface area contributed by atoms with Gasteiger partial charge in [-0.05, 0) is 44.7 Å². The van der Waals surface area contributed by atoms with Crippen molar-refractivity contribution in [3.05, 3.63) is 29.3 Å². The number of carbonyl (C=O) groups excluding carboxylic acids is 1. The van der Waals surface area contributed by atoms with E-state index in [-0.39, 0.29) is 12.0 Å². The molecule has 1 unspecified atom stereocenters. The predicted molar refractivity (Wildman–Crippen MR) is 78.0 cm³/mol. The molecule has 1 aromatic rings. The Morgan fingerprint density at radius 1 is 1.35 bits per heavy atom. The third-order valence-electron chi connectivity index (χ3n) is 3.39. The Kier molecular flexibility index (Phi) is 5.01. The molecule has 20 heavy (non-hydrogen) atoms. The van der Waals surface area contributed by atoms with Gasteiger partial charge in [0.1, 0.15) is 18.4 Å². The van der Waals surface area contributed by atoms with Crippen LogP contribution in [0.4, 0.5) is 0 Å². The van der Waals surface area contributed by atoms with E-state index < -0.39 is 0 Å². The molecule has 1 aliphatic carbocycles. The fraction of sp³-hybridized carbons (Fsp3) is 0.562. The van der Waals surface area contributed by atoms with Crippen LogP contribution in [0.5, 0.6) is 5.75 Å². The molecule has 1 saturated carbocycles. The van der Waals surface area contributed by atoms with Crippen molar-refractivity contribution in [2.24, 2.45) is 0 Å². The fourth-order valence-electron chi connectivity index (χ4n) is 2.16. The summed E-state index contributed by atoms with van der Waals surface area (Å²) >= 11 is 0. The maximum atomic E-state index is 11.9. The number of aryl methyl sites for hydroxylation is 2. The van der Waals surface area contributed by atoms with Crippen LogP contribution < -0.4 is 10.1 Å². The molecule has 1 aromatic carbocycles. The van der Waals surface area contributed by atoms with Crippen LogP contribution in [-0.2, 0) is 9.53 Å². The minimum Gasteiger partial charge on any atom is -0.491 e. The van der Waals surface area contributed by atoms with Crippen LogP contribution in [0.1, 0.15) is 30.9 Å². The summed E-state index contributed by atoms with van der Waals surface area (Å²) in [6.07, 6.45) is 2.25. The highest BCUT2D eigenvalue weighted by molar-refractivity contribution is 5.76. The predicted octanol–water partition coefficient (Wildman–Crippen LogP) is 2.37. The molecule has 4 nitrogen and oxygen atoms in total. The lowest BCUT2D eigenvalue weighted by atomic mass is 10.1. The van der Waals surface area contributed by atoms with Crippen molar-refractivity contribution in [3.8, 4) is 5.75 Å². The molecule has 0 aliphatic heterocycles. The van der Waals surface area contributed by atoms with Crippen molar-refractivity contribution in [3.63, 3.8) is 0 Å². The second kappa shape index (κ2) is 6.75. The van der Waals surface area contributed by atoms with Crippen molar-refractivity contribution in [1.29, 1.82) is 0 Å². The SMILES string of the molecule is CCOC(=O)C(COc1c(C)cccc1C)NC1CC1. The molecule has 0 heterocycles. The molecule has 1 N–H and O–H groups in total. The van der Waals surface area contributed by atoms with Crippen LogP contribution in [0.3, 0.4) is 0 Å². The minimum atomic E-state index is -0.388. The second-order valence-electron chi connectivity index (χ2n) is 5.28. The molecule has 0 bridgehead atoms. The first kappa shape index (κ1) is 14.9. The summed E-state index contributed by atoms with van der Waals surface area (Å²) < 4.78 is 11.0. The summed E-state index contributed by atoms with van der Waals surface area (Å²) in [5, 5.41) is 3.29. The van der Waals surface area contributed by atoms with Crippen LogP contribution in [0.25, 0.3) is 0 Å². The highest BCUT2D eigenvalue weighted by Gasteiger charge is 2.29. The Labute approximate surface area is 120 Å². The molecule has 2 rings (SSSR count). The van der Waals surface area contributed by atoms with Crippen molar-refractivity contribution in [2.45, 2.75) is 45.7 Å². The summed E-state index contributed by atoms with van der Waals surface area (Å²) in [4.78, 5) is 11.9. The Bertz CT molecular complexity index is 449. The van der Waals surface area contributed by atoms with Gasteiger partial charge in [0, 0.05) is 6.04 Å². The highest BCUT2D eigenvalue weighted by Crippen LogP contribution is 2.23. The largest absolute Gasteiger partial charge is 0.491 e. The summed E-state index contributed by atoms with van der Waals surface area (Å²) in [5.74, 6) is 0.630. The first-order valence-corrected chi connectivity index (χ1v) is 7.23. The van der Waals surface area contributed by atoms with Gasteiger partial charge in [-0.2, -0.15) is 0 Å². The quantitative estimate of drug-likeness (QED) is 0.777. The zero-order chi connectivity index (χ0) is 14.5. The zero-order valence-corrected chi connectivity index (χ0v) is 12.4. The van der Waals surface area contributed by atoms with Crippen LogP contribution in [0.15, 0.2) is 18.2 Å². The second-order valence-corrected chi connectivity index (χ2v) is 5.28. The third kappa shape index (κ3) is 3.97. The van der Waals surface area contributed by atoms with Crippen LogP contribution in [0, 0.1) is 13.8 Å². The van der Waals surface area contributed by atoms with Gasteiger partial charge in [0.2, 0.25) is 0 Å². The lowest BCUT2D eigenvalue weighted by Gasteiger charge is -2.19. The van der Waals surface area contributed by atoms with Gasteiger partial charge in [-0.1, -0.05) is 18.2 Å². The van der Waals surface area contributed by atoms with Crippen LogP contribution in [0.2, 0.25) is 0 Å². The van der Waals surface area contributed by atoms with Crippen molar-refractivity contribution in [1.82, 2.24) is 5.32 Å². The summed E-state index contributed by atoms with van der Waals surface area (Å²) in [5.41, 5.74) is 2.16. The van der Waals surface area contributed by atoms with Gasteiger partial charge in [-0.3, -0.25) is 10.1 Å². The summed E-state index contributed by atoms with van der Waals surface area (Å²) in [7, 11) is 0. The van der Waals surface area contributed by atoms with Crippen molar-refractivity contribution < 1.29 is 14.3 Å². The minimum absolute atomic E-state index is 0.231. The van der Waals surface area contributed by atoms with E-state index in [0.717, 1.165) is 29.7 Å². The number of ether oxygens (including phenoxy) is 2. The highest BCUT2D eigenvalue weighted by atomic mass is 16.5. The monoisotopic (exact) mass is 277 g/mol. The maximum absolute atomic E-state index is 11.9. The van der Waals surface area contributed by atoms with Gasteiger partial charge in [0.15, 0.2) is 0 Å². The van der Waals surface area contributed by atoms with Gasteiger partial charge in [-0.15, -0.1) is 0 Å². The molecule has 0 saturated heterocycles. The number of esters is 1. The maximum Gasteiger partial charge on any atom is 0.326 e. The number of rotatable bonds is 7. The molecule has 110 valence electrons. The molecule has 0 amide bonds. The van der Waals surface area contributed by atoms with Crippen molar-refractivity contribution >= 4 is 5.97 Å². The van der Waals surface area contributed by atoms with E-state index in [9.17, 15) is 4.79 Å². The van der Waals surface area contributed by atoms with E-state index in [0.29, 0.717) is 19.3 Å². The Morgan fingerprint density at radius 3 is 2.55 bits per heavy atom. The molecule has 0 aromatic heterocycles. The summed E-state index contributed by atoms with van der Waals surface area (Å²) in [6.45, 7) is 6.54. The topological polar surface area (TPSA) is 47.6 Å². The van der Waals surface area contributed by atoms with E-state index in [2.05, 4.69) is 5.32 Å². The van der Waals surface area contributed by atoms with E-state index in [4.69, 9.17) is 9.47 Å².